The minimum atomic E-state index is -0.0257. The summed E-state index contributed by atoms with van der Waals surface area (Å²) in [7, 11) is 2.00. The fourth-order valence-corrected chi connectivity index (χ4v) is 2.74. The predicted molar refractivity (Wildman–Crippen MR) is 62.1 cm³/mol. The third kappa shape index (κ3) is 2.53. The molecule has 1 aliphatic carbocycles. The van der Waals surface area contributed by atoms with Crippen molar-refractivity contribution >= 4 is 21.9 Å². The molecular weight excluding hydrogens is 258 g/mol. The number of rotatable bonds is 4. The van der Waals surface area contributed by atoms with Gasteiger partial charge >= 0.3 is 5.97 Å². The van der Waals surface area contributed by atoms with Crippen LogP contribution in [-0.4, -0.2) is 42.4 Å². The summed E-state index contributed by atoms with van der Waals surface area (Å²) in [6, 6.07) is 0.0103. The van der Waals surface area contributed by atoms with Gasteiger partial charge in [-0.2, -0.15) is 0 Å². The highest BCUT2D eigenvalue weighted by atomic mass is 79.9. The van der Waals surface area contributed by atoms with Crippen LogP contribution in [0, 0.1) is 5.41 Å². The van der Waals surface area contributed by atoms with Crippen molar-refractivity contribution in [1.82, 2.24) is 4.90 Å². The van der Waals surface area contributed by atoms with Gasteiger partial charge in [-0.3, -0.25) is 9.69 Å². The van der Waals surface area contributed by atoms with E-state index in [1.807, 2.05) is 7.05 Å². The van der Waals surface area contributed by atoms with Gasteiger partial charge in [-0.25, -0.2) is 0 Å². The second-order valence-corrected chi connectivity index (χ2v) is 5.44. The molecule has 2 aliphatic rings. The van der Waals surface area contributed by atoms with Gasteiger partial charge in [0.25, 0.3) is 0 Å². The molecule has 0 aromatic carbocycles. The fraction of sp³-hybridized carbons (Fsp3) is 0.909. The molecule has 1 saturated heterocycles. The molecule has 15 heavy (non-hydrogen) atoms. The fourth-order valence-electron chi connectivity index (χ4n) is 2.02. The summed E-state index contributed by atoms with van der Waals surface area (Å²) >= 11 is 3.48. The molecular formula is C11H18BrNO2. The molecule has 0 bridgehead atoms. The monoisotopic (exact) mass is 275 g/mol. The summed E-state index contributed by atoms with van der Waals surface area (Å²) in [4.78, 5) is 13.9. The van der Waals surface area contributed by atoms with Crippen molar-refractivity contribution in [2.75, 3.05) is 25.5 Å². The highest BCUT2D eigenvalue weighted by Crippen LogP contribution is 2.47. The predicted octanol–water partition coefficient (Wildman–Crippen LogP) is 1.80. The molecule has 3 nitrogen and oxygen atoms in total. The molecule has 0 aromatic heterocycles. The number of nitrogens with zero attached hydrogens (tertiary/aromatic N) is 1. The third-order valence-electron chi connectivity index (χ3n) is 3.55. The van der Waals surface area contributed by atoms with Gasteiger partial charge in [-0.05, 0) is 39.3 Å². The summed E-state index contributed by atoms with van der Waals surface area (Å²) in [6.45, 7) is 1.62. The second-order valence-electron chi connectivity index (χ2n) is 4.88. The number of alkyl halides is 1. The van der Waals surface area contributed by atoms with Gasteiger partial charge in [0.05, 0.1) is 6.61 Å². The second kappa shape index (κ2) is 4.42. The molecule has 4 heteroatoms. The molecule has 0 aromatic rings. The van der Waals surface area contributed by atoms with Crippen LogP contribution in [0.3, 0.4) is 0 Å². The first-order chi connectivity index (χ1) is 7.17. The van der Waals surface area contributed by atoms with Crippen molar-refractivity contribution in [2.45, 2.75) is 31.7 Å². The third-order valence-corrected chi connectivity index (χ3v) is 4.74. The van der Waals surface area contributed by atoms with E-state index in [0.717, 1.165) is 24.7 Å². The largest absolute Gasteiger partial charge is 0.464 e. The number of hydrogen-bond donors (Lipinski definition) is 0. The number of carbonyl (C=O) groups is 1. The molecule has 0 spiro atoms. The molecule has 0 radical (unpaired) electrons. The van der Waals surface area contributed by atoms with E-state index in [1.54, 1.807) is 0 Å². The van der Waals surface area contributed by atoms with Crippen LogP contribution in [0.15, 0.2) is 0 Å². The smallest absolute Gasteiger partial charge is 0.323 e. The lowest BCUT2D eigenvalue weighted by molar-refractivity contribution is -0.150. The first kappa shape index (κ1) is 11.4. The van der Waals surface area contributed by atoms with E-state index in [4.69, 9.17) is 4.74 Å². The minimum Gasteiger partial charge on any atom is -0.464 e. The Kier molecular flexibility index (Phi) is 3.36. The van der Waals surface area contributed by atoms with Crippen molar-refractivity contribution in [3.05, 3.63) is 0 Å². The van der Waals surface area contributed by atoms with Gasteiger partial charge in [0, 0.05) is 10.7 Å². The molecule has 2 fully saturated rings. The standard InChI is InChI=1S/C11H18BrNO2/c1-13-6-2-3-9(13)10(14)15-8-11(7-12)4-5-11/h9H,2-8H2,1H3. The summed E-state index contributed by atoms with van der Waals surface area (Å²) in [6.07, 6.45) is 4.44. The molecule has 1 saturated carbocycles. The quantitative estimate of drug-likeness (QED) is 0.579. The Bertz CT molecular complexity index is 253. The van der Waals surface area contributed by atoms with E-state index in [1.165, 1.54) is 12.8 Å². The number of esters is 1. The maximum atomic E-state index is 11.8. The summed E-state index contributed by atoms with van der Waals surface area (Å²) in [5, 5.41) is 0.952. The number of likely N-dealkylation sites (tertiary alicyclic amines) is 1. The maximum absolute atomic E-state index is 11.8. The number of carbonyl (C=O) groups excluding carboxylic acids is 1. The first-order valence-corrected chi connectivity index (χ1v) is 6.72. The zero-order valence-corrected chi connectivity index (χ0v) is 10.8. The molecule has 86 valence electrons. The van der Waals surface area contributed by atoms with Gasteiger partial charge in [0.15, 0.2) is 0 Å². The number of halogens is 1. The topological polar surface area (TPSA) is 29.5 Å². The van der Waals surface area contributed by atoms with Crippen LogP contribution >= 0.6 is 15.9 Å². The van der Waals surface area contributed by atoms with E-state index in [0.29, 0.717) is 6.61 Å². The van der Waals surface area contributed by atoms with Crippen LogP contribution in [0.25, 0.3) is 0 Å². The summed E-state index contributed by atoms with van der Waals surface area (Å²) in [5.41, 5.74) is 0.271. The van der Waals surface area contributed by atoms with E-state index in [9.17, 15) is 4.79 Å². The van der Waals surface area contributed by atoms with E-state index < -0.39 is 0 Å². The molecule has 2 rings (SSSR count). The Balaban J connectivity index is 1.77. The normalized spacial score (nSPS) is 29.1. The molecule has 1 aliphatic heterocycles. The molecule has 1 heterocycles. The van der Waals surface area contributed by atoms with Gasteiger partial charge in [0.2, 0.25) is 0 Å². The van der Waals surface area contributed by atoms with Crippen LogP contribution in [0.2, 0.25) is 0 Å². The van der Waals surface area contributed by atoms with Crippen molar-refractivity contribution in [3.63, 3.8) is 0 Å². The Labute approximate surface area is 99.3 Å². The van der Waals surface area contributed by atoms with E-state index in [-0.39, 0.29) is 17.4 Å². The average molecular weight is 276 g/mol. The van der Waals surface area contributed by atoms with Crippen molar-refractivity contribution in [3.8, 4) is 0 Å². The van der Waals surface area contributed by atoms with Gasteiger partial charge in [-0.15, -0.1) is 0 Å². The average Bonchev–Trinajstić information content (AvgIpc) is 2.91. The zero-order valence-electron chi connectivity index (χ0n) is 9.17. The number of hydrogen-bond acceptors (Lipinski definition) is 3. The molecule has 1 unspecified atom stereocenters. The van der Waals surface area contributed by atoms with Crippen molar-refractivity contribution in [1.29, 1.82) is 0 Å². The van der Waals surface area contributed by atoms with Crippen molar-refractivity contribution in [2.24, 2.45) is 5.41 Å². The van der Waals surface area contributed by atoms with Crippen LogP contribution < -0.4 is 0 Å². The molecule has 0 amide bonds. The van der Waals surface area contributed by atoms with Crippen LogP contribution in [0.1, 0.15) is 25.7 Å². The lowest BCUT2D eigenvalue weighted by atomic mass is 10.1. The van der Waals surface area contributed by atoms with Crippen LogP contribution in [0.4, 0.5) is 0 Å². The van der Waals surface area contributed by atoms with Crippen LogP contribution in [0.5, 0.6) is 0 Å². The Morgan fingerprint density at radius 3 is 2.80 bits per heavy atom. The number of ether oxygens (including phenoxy) is 1. The van der Waals surface area contributed by atoms with E-state index >= 15 is 0 Å². The SMILES string of the molecule is CN1CCCC1C(=O)OCC1(CBr)CC1. The molecule has 1 atom stereocenters. The summed E-state index contributed by atoms with van der Waals surface area (Å²) in [5.74, 6) is -0.0257. The number of likely N-dealkylation sites (N-methyl/N-ethyl adjacent to an activating group) is 1. The van der Waals surface area contributed by atoms with Crippen molar-refractivity contribution < 1.29 is 9.53 Å². The van der Waals surface area contributed by atoms with Gasteiger partial charge in [-0.1, -0.05) is 15.9 Å². The zero-order chi connectivity index (χ0) is 10.9. The van der Waals surface area contributed by atoms with Gasteiger partial charge < -0.3 is 4.74 Å². The maximum Gasteiger partial charge on any atom is 0.323 e. The minimum absolute atomic E-state index is 0.0103. The Morgan fingerprint density at radius 1 is 1.60 bits per heavy atom. The summed E-state index contributed by atoms with van der Waals surface area (Å²) < 4.78 is 5.40. The Hall–Kier alpha value is -0.0900. The van der Waals surface area contributed by atoms with Crippen LogP contribution in [-0.2, 0) is 9.53 Å². The highest BCUT2D eigenvalue weighted by Gasteiger charge is 2.43. The first-order valence-electron chi connectivity index (χ1n) is 5.60. The van der Waals surface area contributed by atoms with E-state index in [2.05, 4.69) is 20.8 Å². The highest BCUT2D eigenvalue weighted by molar-refractivity contribution is 9.09. The van der Waals surface area contributed by atoms with Gasteiger partial charge in [0.1, 0.15) is 6.04 Å². The Morgan fingerprint density at radius 2 is 2.33 bits per heavy atom. The lowest BCUT2D eigenvalue weighted by Crippen LogP contribution is -2.35. The lowest BCUT2D eigenvalue weighted by Gasteiger charge is -2.19. The molecule has 0 N–H and O–H groups in total.